The van der Waals surface area contributed by atoms with E-state index < -0.39 is 5.91 Å². The Labute approximate surface area is 164 Å². The third kappa shape index (κ3) is 3.62. The summed E-state index contributed by atoms with van der Waals surface area (Å²) in [5.74, 6) is 0.408. The van der Waals surface area contributed by atoms with E-state index in [1.807, 2.05) is 60.9 Å². The van der Waals surface area contributed by atoms with E-state index >= 15 is 0 Å². The lowest BCUT2D eigenvalue weighted by Crippen LogP contribution is -2.12. The van der Waals surface area contributed by atoms with Crippen molar-refractivity contribution in [2.45, 2.75) is 20.3 Å². The number of carbonyl (C=O) groups excluding carboxylic acids is 1. The number of hydrogen-bond acceptors (Lipinski definition) is 3. The van der Waals surface area contributed by atoms with Gasteiger partial charge in [-0.25, -0.2) is 0 Å². The maximum atomic E-state index is 11.7. The molecular weight excluding hydrogens is 352 g/mol. The van der Waals surface area contributed by atoms with E-state index in [-0.39, 0.29) is 5.84 Å². The van der Waals surface area contributed by atoms with Gasteiger partial charge < -0.3 is 20.8 Å². The SMILES string of the molecule is COc1ccc(-n2c(C)cc(C(N)=O)c2C)cc1Cc1ccc(C(=N)N)cc1. The van der Waals surface area contributed by atoms with Crippen LogP contribution in [-0.4, -0.2) is 23.4 Å². The van der Waals surface area contributed by atoms with E-state index in [0.717, 1.165) is 34.0 Å². The number of nitrogens with zero attached hydrogens (tertiary/aromatic N) is 1. The van der Waals surface area contributed by atoms with Gasteiger partial charge in [0.05, 0.1) is 12.7 Å². The monoisotopic (exact) mass is 376 g/mol. The molecule has 3 rings (SSSR count). The number of aryl methyl sites for hydroxylation is 1. The van der Waals surface area contributed by atoms with Crippen molar-refractivity contribution < 1.29 is 9.53 Å². The zero-order valence-electron chi connectivity index (χ0n) is 16.2. The Morgan fingerprint density at radius 3 is 2.29 bits per heavy atom. The van der Waals surface area contributed by atoms with Crippen molar-refractivity contribution in [2.75, 3.05) is 7.11 Å². The van der Waals surface area contributed by atoms with Crippen molar-refractivity contribution in [1.82, 2.24) is 4.57 Å². The maximum absolute atomic E-state index is 11.7. The van der Waals surface area contributed by atoms with E-state index in [1.54, 1.807) is 7.11 Å². The van der Waals surface area contributed by atoms with Gasteiger partial charge in [0.25, 0.3) is 5.91 Å². The van der Waals surface area contributed by atoms with Crippen LogP contribution in [0.15, 0.2) is 48.5 Å². The average molecular weight is 376 g/mol. The molecule has 28 heavy (non-hydrogen) atoms. The molecule has 0 aliphatic carbocycles. The molecule has 0 radical (unpaired) electrons. The molecule has 0 saturated carbocycles. The summed E-state index contributed by atoms with van der Waals surface area (Å²) >= 11 is 0. The highest BCUT2D eigenvalue weighted by Crippen LogP contribution is 2.28. The molecule has 0 unspecified atom stereocenters. The van der Waals surface area contributed by atoms with Crippen LogP contribution in [0, 0.1) is 19.3 Å². The van der Waals surface area contributed by atoms with Crippen LogP contribution in [0.25, 0.3) is 5.69 Å². The minimum Gasteiger partial charge on any atom is -0.496 e. The van der Waals surface area contributed by atoms with Crippen molar-refractivity contribution in [2.24, 2.45) is 11.5 Å². The Bertz CT molecular complexity index is 1050. The van der Waals surface area contributed by atoms with Crippen LogP contribution in [0.2, 0.25) is 0 Å². The Hall–Kier alpha value is -3.54. The van der Waals surface area contributed by atoms with Crippen LogP contribution in [0.1, 0.15) is 38.4 Å². The standard InChI is InChI=1S/C22H24N4O2/c1-13-10-19(22(25)27)14(2)26(13)18-8-9-20(28-3)17(12-18)11-15-4-6-16(7-5-15)21(23)24/h4-10,12H,11H2,1-3H3,(H3,23,24)(H2,25,27). The average Bonchev–Trinajstić information content (AvgIpc) is 2.96. The largest absolute Gasteiger partial charge is 0.496 e. The fourth-order valence-corrected chi connectivity index (χ4v) is 3.47. The lowest BCUT2D eigenvalue weighted by Gasteiger charge is -2.15. The summed E-state index contributed by atoms with van der Waals surface area (Å²) in [6.07, 6.45) is 0.664. The predicted molar refractivity (Wildman–Crippen MR) is 111 cm³/mol. The molecule has 5 N–H and O–H groups in total. The van der Waals surface area contributed by atoms with Gasteiger partial charge in [0.2, 0.25) is 0 Å². The zero-order chi connectivity index (χ0) is 20.4. The summed E-state index contributed by atoms with van der Waals surface area (Å²) in [7, 11) is 1.65. The van der Waals surface area contributed by atoms with Crippen molar-refractivity contribution >= 4 is 11.7 Å². The normalized spacial score (nSPS) is 10.7. The predicted octanol–water partition coefficient (Wildman–Crippen LogP) is 3.08. The number of nitrogens with one attached hydrogen (secondary N) is 1. The maximum Gasteiger partial charge on any atom is 0.250 e. The first-order valence-electron chi connectivity index (χ1n) is 8.91. The van der Waals surface area contributed by atoms with Gasteiger partial charge in [-0.3, -0.25) is 10.2 Å². The summed E-state index contributed by atoms with van der Waals surface area (Å²) in [6, 6.07) is 15.4. The van der Waals surface area contributed by atoms with Crippen molar-refractivity contribution in [3.8, 4) is 11.4 Å². The van der Waals surface area contributed by atoms with Gasteiger partial charge in [0.15, 0.2) is 0 Å². The first kappa shape index (κ1) is 19.2. The number of methoxy groups -OCH3 is 1. The third-order valence-electron chi connectivity index (χ3n) is 4.88. The molecule has 1 aromatic heterocycles. The number of aromatic nitrogens is 1. The van der Waals surface area contributed by atoms with E-state index in [4.69, 9.17) is 21.6 Å². The Balaban J connectivity index is 2.01. The number of nitrogen functional groups attached to an aromatic ring is 1. The molecule has 3 aromatic rings. The van der Waals surface area contributed by atoms with Gasteiger partial charge in [-0.05, 0) is 43.7 Å². The second-order valence-electron chi connectivity index (χ2n) is 6.77. The van der Waals surface area contributed by atoms with Crippen LogP contribution in [-0.2, 0) is 6.42 Å². The number of amides is 1. The van der Waals surface area contributed by atoms with Gasteiger partial charge in [-0.1, -0.05) is 24.3 Å². The van der Waals surface area contributed by atoms with Crippen LogP contribution < -0.4 is 16.2 Å². The van der Waals surface area contributed by atoms with Gasteiger partial charge >= 0.3 is 0 Å². The van der Waals surface area contributed by atoms with Crippen LogP contribution in [0.5, 0.6) is 5.75 Å². The first-order chi connectivity index (χ1) is 13.3. The summed E-state index contributed by atoms with van der Waals surface area (Å²) in [5, 5.41) is 7.51. The van der Waals surface area contributed by atoms with E-state index in [1.165, 1.54) is 0 Å². The molecule has 2 aromatic carbocycles. The lowest BCUT2D eigenvalue weighted by molar-refractivity contribution is 0.0999. The topological polar surface area (TPSA) is 107 Å². The lowest BCUT2D eigenvalue weighted by atomic mass is 10.0. The van der Waals surface area contributed by atoms with Crippen molar-refractivity contribution in [1.29, 1.82) is 5.41 Å². The van der Waals surface area contributed by atoms with Crippen molar-refractivity contribution in [3.05, 3.63) is 82.2 Å². The third-order valence-corrected chi connectivity index (χ3v) is 4.88. The number of hydrogen-bond donors (Lipinski definition) is 3. The fraction of sp³-hybridized carbons (Fsp3) is 0.182. The number of benzene rings is 2. The van der Waals surface area contributed by atoms with Crippen LogP contribution in [0.3, 0.4) is 0 Å². The highest BCUT2D eigenvalue weighted by molar-refractivity contribution is 5.95. The van der Waals surface area contributed by atoms with Gasteiger partial charge in [-0.15, -0.1) is 0 Å². The Kier molecular flexibility index (Phi) is 5.22. The fourth-order valence-electron chi connectivity index (χ4n) is 3.47. The Morgan fingerprint density at radius 1 is 1.07 bits per heavy atom. The molecule has 144 valence electrons. The number of rotatable bonds is 6. The number of primary amides is 1. The molecule has 0 fully saturated rings. The van der Waals surface area contributed by atoms with Gasteiger partial charge in [-0.2, -0.15) is 0 Å². The minimum atomic E-state index is -0.432. The molecule has 0 aliphatic heterocycles. The molecule has 0 saturated heterocycles. The van der Waals surface area contributed by atoms with E-state index in [2.05, 4.69) is 6.07 Å². The molecule has 1 heterocycles. The summed E-state index contributed by atoms with van der Waals surface area (Å²) in [4.78, 5) is 11.7. The minimum absolute atomic E-state index is 0.0509. The summed E-state index contributed by atoms with van der Waals surface area (Å²) in [5.41, 5.74) is 17.0. The molecule has 6 heteroatoms. The molecule has 1 amide bonds. The molecule has 0 aliphatic rings. The summed E-state index contributed by atoms with van der Waals surface area (Å²) < 4.78 is 7.55. The van der Waals surface area contributed by atoms with Crippen LogP contribution >= 0.6 is 0 Å². The van der Waals surface area contributed by atoms with Crippen LogP contribution in [0.4, 0.5) is 0 Å². The molecular formula is C22H24N4O2. The van der Waals surface area contributed by atoms with E-state index in [9.17, 15) is 4.79 Å². The summed E-state index contributed by atoms with van der Waals surface area (Å²) in [6.45, 7) is 3.83. The number of nitrogens with two attached hydrogens (primary N) is 2. The second kappa shape index (κ2) is 7.60. The van der Waals surface area contributed by atoms with E-state index in [0.29, 0.717) is 17.5 Å². The second-order valence-corrected chi connectivity index (χ2v) is 6.77. The molecule has 0 bridgehead atoms. The number of ether oxygens (including phenoxy) is 1. The highest BCUT2D eigenvalue weighted by atomic mass is 16.5. The molecule has 0 atom stereocenters. The van der Waals surface area contributed by atoms with Gasteiger partial charge in [0.1, 0.15) is 11.6 Å². The Morgan fingerprint density at radius 2 is 1.75 bits per heavy atom. The smallest absolute Gasteiger partial charge is 0.250 e. The number of amidine groups is 1. The quantitative estimate of drug-likeness (QED) is 0.454. The molecule has 6 nitrogen and oxygen atoms in total. The van der Waals surface area contributed by atoms with Gasteiger partial charge in [0, 0.05) is 34.6 Å². The number of carbonyl (C=O) groups is 1. The zero-order valence-corrected chi connectivity index (χ0v) is 16.2. The molecule has 0 spiro atoms. The highest BCUT2D eigenvalue weighted by Gasteiger charge is 2.16. The first-order valence-corrected chi connectivity index (χ1v) is 8.91. The van der Waals surface area contributed by atoms with Crippen molar-refractivity contribution in [3.63, 3.8) is 0 Å².